The van der Waals surface area contributed by atoms with Gasteiger partial charge in [0.2, 0.25) is 5.91 Å². The van der Waals surface area contributed by atoms with E-state index < -0.39 is 15.4 Å². The first-order chi connectivity index (χ1) is 14.4. The molecule has 2 N–H and O–H groups in total. The van der Waals surface area contributed by atoms with E-state index in [-0.39, 0.29) is 10.8 Å². The maximum absolute atomic E-state index is 13.1. The van der Waals surface area contributed by atoms with Gasteiger partial charge in [-0.2, -0.15) is 0 Å². The lowest BCUT2D eigenvalue weighted by Crippen LogP contribution is -2.46. The Morgan fingerprint density at radius 2 is 1.63 bits per heavy atom. The van der Waals surface area contributed by atoms with Gasteiger partial charge in [0.05, 0.1) is 10.3 Å². The first-order valence-corrected chi connectivity index (χ1v) is 12.4. The van der Waals surface area contributed by atoms with Crippen molar-refractivity contribution in [3.8, 4) is 0 Å². The van der Waals surface area contributed by atoms with E-state index >= 15 is 0 Å². The van der Waals surface area contributed by atoms with Crippen LogP contribution in [0.25, 0.3) is 0 Å². The topological polar surface area (TPSA) is 75.3 Å². The second-order valence-electron chi connectivity index (χ2n) is 7.89. The zero-order valence-corrected chi connectivity index (χ0v) is 18.9. The Balaban J connectivity index is 1.79. The number of carbonyl (C=O) groups is 1. The summed E-state index contributed by atoms with van der Waals surface area (Å²) in [5.74, 6) is 0.0881. The molecule has 5 nitrogen and oxygen atoms in total. The molecule has 0 atom stereocenters. The Morgan fingerprint density at radius 1 is 1.00 bits per heavy atom. The molecule has 1 fully saturated rings. The lowest BCUT2D eigenvalue weighted by molar-refractivity contribution is -0.128. The van der Waals surface area contributed by atoms with Gasteiger partial charge < -0.3 is 5.32 Å². The molecule has 1 aliphatic rings. The molecule has 0 bridgehead atoms. The van der Waals surface area contributed by atoms with Gasteiger partial charge in [0.15, 0.2) is 0 Å². The average molecular weight is 449 g/mol. The van der Waals surface area contributed by atoms with Gasteiger partial charge in [-0.15, -0.1) is 0 Å². The molecule has 0 saturated heterocycles. The van der Waals surface area contributed by atoms with E-state index in [1.807, 2.05) is 12.1 Å². The van der Waals surface area contributed by atoms with E-state index in [0.717, 1.165) is 50.5 Å². The maximum atomic E-state index is 13.1. The zero-order chi connectivity index (χ0) is 21.6. The van der Waals surface area contributed by atoms with Crippen LogP contribution in [0.3, 0.4) is 0 Å². The van der Waals surface area contributed by atoms with Gasteiger partial charge in [-0.25, -0.2) is 8.42 Å². The number of hydrogen-bond acceptors (Lipinski definition) is 3. The molecule has 162 valence electrons. The molecule has 0 unspecified atom stereocenters. The van der Waals surface area contributed by atoms with Crippen molar-refractivity contribution in [2.45, 2.75) is 62.2 Å². The number of hydrogen-bond donors (Lipinski definition) is 2. The van der Waals surface area contributed by atoms with Crippen LogP contribution >= 0.6 is 11.6 Å². The highest BCUT2D eigenvalue weighted by Crippen LogP contribution is 2.40. The molecule has 1 aliphatic carbocycles. The SMILES string of the molecule is CCCCNC(=O)C1(c2ccc(NS(=O)(=O)c3ccc(Cl)cc3)cc2)CCCCC1. The van der Waals surface area contributed by atoms with Crippen LogP contribution in [-0.2, 0) is 20.2 Å². The van der Waals surface area contributed by atoms with Gasteiger partial charge in [0, 0.05) is 17.3 Å². The minimum Gasteiger partial charge on any atom is -0.355 e. The molecule has 0 heterocycles. The molecule has 2 aromatic rings. The first-order valence-electron chi connectivity index (χ1n) is 10.5. The van der Waals surface area contributed by atoms with E-state index in [9.17, 15) is 13.2 Å². The molecule has 30 heavy (non-hydrogen) atoms. The summed E-state index contributed by atoms with van der Waals surface area (Å²) in [6.07, 6.45) is 6.83. The third-order valence-corrected chi connectivity index (χ3v) is 7.42. The quantitative estimate of drug-likeness (QED) is 0.541. The predicted molar refractivity (Wildman–Crippen MR) is 121 cm³/mol. The summed E-state index contributed by atoms with van der Waals surface area (Å²) in [5, 5.41) is 3.59. The predicted octanol–water partition coefficient (Wildman–Crippen LogP) is 5.26. The second kappa shape index (κ2) is 9.84. The van der Waals surface area contributed by atoms with Crippen LogP contribution in [0.1, 0.15) is 57.4 Å². The fourth-order valence-corrected chi connectivity index (χ4v) is 5.22. The number of anilines is 1. The van der Waals surface area contributed by atoms with E-state index in [1.165, 1.54) is 12.1 Å². The van der Waals surface area contributed by atoms with Crippen molar-refractivity contribution < 1.29 is 13.2 Å². The number of carbonyl (C=O) groups excluding carboxylic acids is 1. The van der Waals surface area contributed by atoms with Gasteiger partial charge >= 0.3 is 0 Å². The van der Waals surface area contributed by atoms with E-state index in [2.05, 4.69) is 17.0 Å². The largest absolute Gasteiger partial charge is 0.355 e. The van der Waals surface area contributed by atoms with Crippen LogP contribution in [0, 0.1) is 0 Å². The van der Waals surface area contributed by atoms with Gasteiger partial charge in [-0.3, -0.25) is 9.52 Å². The fraction of sp³-hybridized carbons (Fsp3) is 0.435. The summed E-state index contributed by atoms with van der Waals surface area (Å²) in [4.78, 5) is 13.2. The van der Waals surface area contributed by atoms with Crippen LogP contribution in [-0.4, -0.2) is 20.9 Å². The number of sulfonamides is 1. The molecule has 1 saturated carbocycles. The monoisotopic (exact) mass is 448 g/mol. The third-order valence-electron chi connectivity index (χ3n) is 5.77. The van der Waals surface area contributed by atoms with Crippen molar-refractivity contribution in [3.63, 3.8) is 0 Å². The molecule has 1 amide bonds. The average Bonchev–Trinajstić information content (AvgIpc) is 2.75. The zero-order valence-electron chi connectivity index (χ0n) is 17.3. The van der Waals surface area contributed by atoms with Gasteiger partial charge in [-0.05, 0) is 61.2 Å². The minimum absolute atomic E-state index is 0.0881. The molecule has 2 aromatic carbocycles. The molecular weight excluding hydrogens is 420 g/mol. The second-order valence-corrected chi connectivity index (χ2v) is 10.0. The van der Waals surface area contributed by atoms with E-state index in [1.54, 1.807) is 24.3 Å². The number of benzene rings is 2. The molecular formula is C23H29ClN2O3S. The maximum Gasteiger partial charge on any atom is 0.261 e. The molecule has 0 aliphatic heterocycles. The molecule has 0 radical (unpaired) electrons. The number of amides is 1. The normalized spacial score (nSPS) is 16.1. The number of halogens is 1. The van der Waals surface area contributed by atoms with Crippen molar-refractivity contribution in [2.24, 2.45) is 0 Å². The van der Waals surface area contributed by atoms with Gasteiger partial charge in [-0.1, -0.05) is 56.3 Å². The van der Waals surface area contributed by atoms with Crippen molar-refractivity contribution >= 4 is 33.2 Å². The van der Waals surface area contributed by atoms with Crippen molar-refractivity contribution in [3.05, 3.63) is 59.1 Å². The standard InChI is InChI=1S/C23H29ClN2O3S/c1-2-3-17-25-22(27)23(15-5-4-6-16-23)18-7-11-20(12-8-18)26-30(28,29)21-13-9-19(24)10-14-21/h7-14,26H,2-6,15-17H2,1H3,(H,25,27). The smallest absolute Gasteiger partial charge is 0.261 e. The Labute approximate surface area is 184 Å². The third kappa shape index (κ3) is 5.16. The van der Waals surface area contributed by atoms with Crippen LogP contribution in [0.5, 0.6) is 0 Å². The summed E-state index contributed by atoms with van der Waals surface area (Å²) >= 11 is 5.84. The lowest BCUT2D eigenvalue weighted by Gasteiger charge is -2.36. The Kier molecular flexibility index (Phi) is 7.42. The molecule has 7 heteroatoms. The van der Waals surface area contributed by atoms with Crippen LogP contribution in [0.2, 0.25) is 5.02 Å². The highest BCUT2D eigenvalue weighted by molar-refractivity contribution is 7.92. The summed E-state index contributed by atoms with van der Waals surface area (Å²) in [5.41, 5.74) is 0.885. The molecule has 0 aromatic heterocycles. The number of nitrogens with one attached hydrogen (secondary N) is 2. The molecule has 3 rings (SSSR count). The van der Waals surface area contributed by atoms with Crippen molar-refractivity contribution in [2.75, 3.05) is 11.3 Å². The molecule has 0 spiro atoms. The van der Waals surface area contributed by atoms with E-state index in [0.29, 0.717) is 17.3 Å². The van der Waals surface area contributed by atoms with Gasteiger partial charge in [0.25, 0.3) is 10.0 Å². The van der Waals surface area contributed by atoms with E-state index in [4.69, 9.17) is 11.6 Å². The van der Waals surface area contributed by atoms with Crippen LogP contribution in [0.15, 0.2) is 53.4 Å². The highest BCUT2D eigenvalue weighted by Gasteiger charge is 2.40. The Hall–Kier alpha value is -2.05. The first kappa shape index (κ1) is 22.6. The summed E-state index contributed by atoms with van der Waals surface area (Å²) in [7, 11) is -3.70. The number of rotatable bonds is 8. The Morgan fingerprint density at radius 3 is 2.23 bits per heavy atom. The highest BCUT2D eigenvalue weighted by atomic mass is 35.5. The fourth-order valence-electron chi connectivity index (χ4n) is 4.04. The summed E-state index contributed by atoms with van der Waals surface area (Å²) in [6, 6.07) is 13.3. The minimum atomic E-state index is -3.70. The van der Waals surface area contributed by atoms with Crippen molar-refractivity contribution in [1.29, 1.82) is 0 Å². The van der Waals surface area contributed by atoms with Crippen LogP contribution in [0.4, 0.5) is 5.69 Å². The van der Waals surface area contributed by atoms with Gasteiger partial charge in [0.1, 0.15) is 0 Å². The lowest BCUT2D eigenvalue weighted by atomic mass is 9.68. The Bertz CT molecular complexity index is 951. The number of unbranched alkanes of at least 4 members (excludes halogenated alkanes) is 1. The van der Waals surface area contributed by atoms with Crippen LogP contribution < -0.4 is 10.0 Å². The summed E-state index contributed by atoms with van der Waals surface area (Å²) in [6.45, 7) is 2.79. The summed E-state index contributed by atoms with van der Waals surface area (Å²) < 4.78 is 27.8. The van der Waals surface area contributed by atoms with Crippen molar-refractivity contribution in [1.82, 2.24) is 5.32 Å².